The molecule has 0 spiro atoms. The van der Waals surface area contributed by atoms with Crippen molar-refractivity contribution < 1.29 is 4.39 Å². The molecule has 9 heavy (non-hydrogen) atoms. The molecule has 0 fully saturated rings. The van der Waals surface area contributed by atoms with Crippen LogP contribution in [0.2, 0.25) is 0 Å². The van der Waals surface area contributed by atoms with Crippen LogP contribution in [0.25, 0.3) is 0 Å². The van der Waals surface area contributed by atoms with Crippen LogP contribution in [0.1, 0.15) is 6.92 Å². The molecule has 0 heterocycles. The van der Waals surface area contributed by atoms with Crippen molar-refractivity contribution >= 4 is 0 Å². The highest BCUT2D eigenvalue weighted by Crippen LogP contribution is 1.83. The molecule has 1 atom stereocenters. The summed E-state index contributed by atoms with van der Waals surface area (Å²) in [5.41, 5.74) is 0. The highest BCUT2D eigenvalue weighted by atomic mass is 19.1. The number of hydrogen-bond donors (Lipinski definition) is 2. The van der Waals surface area contributed by atoms with Crippen LogP contribution < -0.4 is 10.6 Å². The fourth-order valence-electron chi connectivity index (χ4n) is 0.595. The van der Waals surface area contributed by atoms with Gasteiger partial charge in [-0.1, -0.05) is 6.92 Å². The monoisotopic (exact) mass is 134 g/mol. The Balaban J connectivity index is 2.95. The zero-order valence-corrected chi connectivity index (χ0v) is 6.08. The van der Waals surface area contributed by atoms with Gasteiger partial charge in [0.2, 0.25) is 0 Å². The van der Waals surface area contributed by atoms with E-state index < -0.39 is 6.17 Å². The summed E-state index contributed by atoms with van der Waals surface area (Å²) in [6.45, 7) is 3.70. The molecule has 0 aliphatic rings. The Morgan fingerprint density at radius 3 is 2.56 bits per heavy atom. The van der Waals surface area contributed by atoms with Gasteiger partial charge in [-0.05, 0) is 13.6 Å². The van der Waals surface area contributed by atoms with E-state index in [1.54, 1.807) is 7.05 Å². The van der Waals surface area contributed by atoms with Crippen molar-refractivity contribution in [2.45, 2.75) is 13.1 Å². The first-order chi connectivity index (χ1) is 4.31. The molecule has 3 heteroatoms. The van der Waals surface area contributed by atoms with E-state index in [0.29, 0.717) is 13.1 Å². The maximum atomic E-state index is 12.5. The van der Waals surface area contributed by atoms with Crippen molar-refractivity contribution in [2.24, 2.45) is 0 Å². The van der Waals surface area contributed by atoms with Crippen molar-refractivity contribution in [3.05, 3.63) is 0 Å². The molecule has 2 nitrogen and oxygen atoms in total. The standard InChI is InChI=1S/C6H15FN2/c1-3-9-5-6(7)4-8-2/h6,8-9H,3-5H2,1-2H3. The Kier molecular flexibility index (Phi) is 5.88. The van der Waals surface area contributed by atoms with Crippen LogP contribution in [0.15, 0.2) is 0 Å². The Bertz CT molecular complexity index is 59.0. The second-order valence-corrected chi connectivity index (χ2v) is 1.96. The molecule has 0 aliphatic carbocycles. The Hall–Kier alpha value is -0.150. The third kappa shape index (κ3) is 5.73. The van der Waals surface area contributed by atoms with Gasteiger partial charge in [0.1, 0.15) is 6.17 Å². The summed E-state index contributed by atoms with van der Waals surface area (Å²) >= 11 is 0. The van der Waals surface area contributed by atoms with E-state index in [0.717, 1.165) is 6.54 Å². The quantitative estimate of drug-likeness (QED) is 0.559. The Labute approximate surface area is 55.8 Å². The lowest BCUT2D eigenvalue weighted by Gasteiger charge is -2.06. The highest BCUT2D eigenvalue weighted by Gasteiger charge is 2.01. The number of hydrogen-bond acceptors (Lipinski definition) is 2. The third-order valence-corrected chi connectivity index (χ3v) is 1.04. The smallest absolute Gasteiger partial charge is 0.125 e. The average molecular weight is 134 g/mol. The van der Waals surface area contributed by atoms with Gasteiger partial charge in [0.15, 0.2) is 0 Å². The SMILES string of the molecule is CCNCC(F)CNC. The van der Waals surface area contributed by atoms with E-state index in [1.807, 2.05) is 6.92 Å². The zero-order chi connectivity index (χ0) is 7.11. The molecular weight excluding hydrogens is 119 g/mol. The van der Waals surface area contributed by atoms with Crippen molar-refractivity contribution in [1.29, 1.82) is 0 Å². The molecule has 0 aromatic rings. The molecule has 0 amide bonds. The molecule has 0 aromatic carbocycles. The first kappa shape index (κ1) is 8.85. The van der Waals surface area contributed by atoms with Gasteiger partial charge in [-0.2, -0.15) is 0 Å². The van der Waals surface area contributed by atoms with Crippen molar-refractivity contribution in [2.75, 3.05) is 26.7 Å². The topological polar surface area (TPSA) is 24.1 Å². The summed E-state index contributed by atoms with van der Waals surface area (Å²) in [5.74, 6) is 0. The van der Waals surface area contributed by atoms with E-state index >= 15 is 0 Å². The molecule has 56 valence electrons. The number of rotatable bonds is 5. The minimum Gasteiger partial charge on any atom is -0.317 e. The fraction of sp³-hybridized carbons (Fsp3) is 1.00. The minimum atomic E-state index is -0.755. The first-order valence-corrected chi connectivity index (χ1v) is 3.30. The van der Waals surface area contributed by atoms with Crippen LogP contribution in [-0.4, -0.2) is 32.9 Å². The summed E-state index contributed by atoms with van der Waals surface area (Å²) in [7, 11) is 1.75. The maximum absolute atomic E-state index is 12.5. The van der Waals surface area contributed by atoms with E-state index in [-0.39, 0.29) is 0 Å². The van der Waals surface area contributed by atoms with E-state index in [2.05, 4.69) is 10.6 Å². The normalized spacial score (nSPS) is 13.7. The molecule has 0 saturated heterocycles. The average Bonchev–Trinajstić information content (AvgIpc) is 1.85. The highest BCUT2D eigenvalue weighted by molar-refractivity contribution is 4.59. The third-order valence-electron chi connectivity index (χ3n) is 1.04. The summed E-state index contributed by atoms with van der Waals surface area (Å²) < 4.78 is 12.5. The van der Waals surface area contributed by atoms with E-state index in [1.165, 1.54) is 0 Å². The summed E-state index contributed by atoms with van der Waals surface area (Å²) in [6.07, 6.45) is -0.755. The van der Waals surface area contributed by atoms with Crippen LogP contribution >= 0.6 is 0 Å². The van der Waals surface area contributed by atoms with Gasteiger partial charge in [-0.3, -0.25) is 0 Å². The molecule has 0 bridgehead atoms. The molecule has 0 aliphatic heterocycles. The molecule has 0 rings (SSSR count). The van der Waals surface area contributed by atoms with E-state index in [9.17, 15) is 4.39 Å². The van der Waals surface area contributed by atoms with Gasteiger partial charge in [0.25, 0.3) is 0 Å². The van der Waals surface area contributed by atoms with Crippen LogP contribution in [0.4, 0.5) is 4.39 Å². The Morgan fingerprint density at radius 2 is 2.11 bits per heavy atom. The van der Waals surface area contributed by atoms with Crippen LogP contribution in [0, 0.1) is 0 Å². The Morgan fingerprint density at radius 1 is 1.44 bits per heavy atom. The van der Waals surface area contributed by atoms with Gasteiger partial charge < -0.3 is 10.6 Å². The first-order valence-electron chi connectivity index (χ1n) is 3.30. The van der Waals surface area contributed by atoms with Crippen molar-refractivity contribution in [3.8, 4) is 0 Å². The number of halogens is 1. The summed E-state index contributed by atoms with van der Waals surface area (Å²) in [6, 6.07) is 0. The zero-order valence-electron chi connectivity index (χ0n) is 6.08. The summed E-state index contributed by atoms with van der Waals surface area (Å²) in [4.78, 5) is 0. The molecular formula is C6H15FN2. The van der Waals surface area contributed by atoms with Crippen molar-refractivity contribution in [3.63, 3.8) is 0 Å². The van der Waals surface area contributed by atoms with E-state index in [4.69, 9.17) is 0 Å². The van der Waals surface area contributed by atoms with Gasteiger partial charge in [0.05, 0.1) is 0 Å². The predicted octanol–water partition coefficient (Wildman–Crippen LogP) is 0.153. The van der Waals surface area contributed by atoms with Crippen LogP contribution in [0.3, 0.4) is 0 Å². The maximum Gasteiger partial charge on any atom is 0.125 e. The molecule has 0 saturated carbocycles. The minimum absolute atomic E-state index is 0.438. The second-order valence-electron chi connectivity index (χ2n) is 1.96. The number of nitrogens with one attached hydrogen (secondary N) is 2. The molecule has 0 aromatic heterocycles. The van der Waals surface area contributed by atoms with Crippen LogP contribution in [-0.2, 0) is 0 Å². The lowest BCUT2D eigenvalue weighted by atomic mass is 10.4. The lowest BCUT2D eigenvalue weighted by molar-refractivity contribution is 0.314. The van der Waals surface area contributed by atoms with Gasteiger partial charge in [0, 0.05) is 13.1 Å². The molecule has 0 radical (unpaired) electrons. The van der Waals surface area contributed by atoms with Crippen LogP contribution in [0.5, 0.6) is 0 Å². The molecule has 2 N–H and O–H groups in total. The second kappa shape index (κ2) is 5.98. The predicted molar refractivity (Wildman–Crippen MR) is 37.4 cm³/mol. The lowest BCUT2D eigenvalue weighted by Crippen LogP contribution is -2.30. The largest absolute Gasteiger partial charge is 0.317 e. The number of alkyl halides is 1. The fourth-order valence-corrected chi connectivity index (χ4v) is 0.595. The summed E-state index contributed by atoms with van der Waals surface area (Å²) in [5, 5.41) is 5.68. The molecule has 1 unspecified atom stereocenters. The van der Waals surface area contributed by atoms with Crippen molar-refractivity contribution in [1.82, 2.24) is 10.6 Å². The van der Waals surface area contributed by atoms with Gasteiger partial charge >= 0.3 is 0 Å². The van der Waals surface area contributed by atoms with Gasteiger partial charge in [-0.25, -0.2) is 4.39 Å². The van der Waals surface area contributed by atoms with Gasteiger partial charge in [-0.15, -0.1) is 0 Å².